The van der Waals surface area contributed by atoms with Gasteiger partial charge in [0, 0.05) is 6.07 Å². The van der Waals surface area contributed by atoms with Gasteiger partial charge in [0.05, 0.1) is 16.3 Å². The number of hydrogen-bond donors (Lipinski definition) is 0. The average molecular weight is 277 g/mol. The number of hydrogen-bond acceptors (Lipinski definition) is 1. The lowest BCUT2D eigenvalue weighted by Crippen LogP contribution is -1.93. The summed E-state index contributed by atoms with van der Waals surface area (Å²) in [6.07, 6.45) is 1.32. The monoisotopic (exact) mass is 276 g/mol. The maximum absolute atomic E-state index is 13.4. The van der Waals surface area contributed by atoms with Crippen LogP contribution in [0.5, 0.6) is 0 Å². The smallest absolute Gasteiger partial charge is 0.173 e. The summed E-state index contributed by atoms with van der Waals surface area (Å²) >= 11 is 2.79. The van der Waals surface area contributed by atoms with Crippen LogP contribution in [0.25, 0.3) is 11.3 Å². The highest BCUT2D eigenvalue weighted by Crippen LogP contribution is 2.34. The molecule has 0 aliphatic heterocycles. The lowest BCUT2D eigenvalue weighted by molar-refractivity contribution is 0.488. The van der Waals surface area contributed by atoms with Gasteiger partial charge in [-0.15, -0.1) is 0 Å². The first kappa shape index (κ1) is 10.3. The fourth-order valence-electron chi connectivity index (χ4n) is 1.21. The Labute approximate surface area is 91.6 Å². The Morgan fingerprint density at radius 1 is 1.13 bits per heavy atom. The molecule has 0 N–H and O–H groups in total. The quantitative estimate of drug-likeness (QED) is 0.564. The van der Waals surface area contributed by atoms with Gasteiger partial charge >= 0.3 is 0 Å². The van der Waals surface area contributed by atoms with Crippen LogP contribution in [0.2, 0.25) is 0 Å². The molecule has 1 heterocycles. The summed E-state index contributed by atoms with van der Waals surface area (Å²) in [6.45, 7) is 0. The van der Waals surface area contributed by atoms with E-state index in [-0.39, 0.29) is 15.8 Å². The lowest BCUT2D eigenvalue weighted by atomic mass is 10.1. The van der Waals surface area contributed by atoms with Crippen molar-refractivity contribution in [1.29, 1.82) is 0 Å². The Kier molecular flexibility index (Phi) is 2.56. The molecule has 2 aromatic rings. The summed E-state index contributed by atoms with van der Waals surface area (Å²) in [4.78, 5) is 0. The molecule has 0 bridgehead atoms. The van der Waals surface area contributed by atoms with E-state index in [0.717, 1.165) is 0 Å². The molecule has 0 unspecified atom stereocenters. The largest absolute Gasteiger partial charge is 0.464 e. The molecule has 5 heteroatoms. The standard InChI is InChI=1S/C10H4BrF3O/c11-9-8(7-2-1-3-15-7)5(12)4-6(13)10(9)14/h1-4H. The van der Waals surface area contributed by atoms with Gasteiger partial charge in [0.2, 0.25) is 0 Å². The Balaban J connectivity index is 2.72. The topological polar surface area (TPSA) is 13.1 Å². The fourth-order valence-corrected chi connectivity index (χ4v) is 1.79. The SMILES string of the molecule is Fc1cc(F)c(-c2ccco2)c(Br)c1F. The van der Waals surface area contributed by atoms with E-state index in [0.29, 0.717) is 6.07 Å². The van der Waals surface area contributed by atoms with Gasteiger partial charge in [-0.05, 0) is 28.1 Å². The zero-order chi connectivity index (χ0) is 11.0. The van der Waals surface area contributed by atoms with Crippen molar-refractivity contribution in [2.75, 3.05) is 0 Å². The van der Waals surface area contributed by atoms with Crippen LogP contribution in [0.4, 0.5) is 13.2 Å². The van der Waals surface area contributed by atoms with E-state index in [1.165, 1.54) is 18.4 Å². The van der Waals surface area contributed by atoms with Gasteiger partial charge in [-0.2, -0.15) is 0 Å². The Hall–Kier alpha value is -1.23. The molecule has 0 saturated heterocycles. The van der Waals surface area contributed by atoms with Gasteiger partial charge in [-0.1, -0.05) is 0 Å². The molecule has 1 nitrogen and oxygen atoms in total. The highest BCUT2D eigenvalue weighted by Gasteiger charge is 2.19. The van der Waals surface area contributed by atoms with Crippen molar-refractivity contribution in [3.05, 3.63) is 46.4 Å². The lowest BCUT2D eigenvalue weighted by Gasteiger charge is -2.04. The minimum atomic E-state index is -1.24. The van der Waals surface area contributed by atoms with Crippen LogP contribution in [-0.2, 0) is 0 Å². The molecule has 0 fully saturated rings. The van der Waals surface area contributed by atoms with Crippen LogP contribution in [0.3, 0.4) is 0 Å². The summed E-state index contributed by atoms with van der Waals surface area (Å²) in [7, 11) is 0. The van der Waals surface area contributed by atoms with Gasteiger partial charge in [-0.25, -0.2) is 13.2 Å². The van der Waals surface area contributed by atoms with E-state index in [2.05, 4.69) is 15.9 Å². The van der Waals surface area contributed by atoms with Crippen LogP contribution in [0.15, 0.2) is 33.4 Å². The van der Waals surface area contributed by atoms with Crippen molar-refractivity contribution in [2.45, 2.75) is 0 Å². The van der Waals surface area contributed by atoms with E-state index in [1.807, 2.05) is 0 Å². The maximum Gasteiger partial charge on any atom is 0.173 e. The second kappa shape index (κ2) is 3.73. The van der Waals surface area contributed by atoms with E-state index in [9.17, 15) is 13.2 Å². The first-order valence-corrected chi connectivity index (χ1v) is 4.77. The molecule has 0 spiro atoms. The average Bonchev–Trinajstić information content (AvgIpc) is 2.68. The summed E-state index contributed by atoms with van der Waals surface area (Å²) in [6, 6.07) is 3.47. The van der Waals surface area contributed by atoms with E-state index in [1.54, 1.807) is 0 Å². The first-order valence-electron chi connectivity index (χ1n) is 3.98. The molecule has 0 radical (unpaired) electrons. The molecule has 1 aromatic carbocycles. The Morgan fingerprint density at radius 2 is 1.87 bits per heavy atom. The zero-order valence-electron chi connectivity index (χ0n) is 7.23. The van der Waals surface area contributed by atoms with Crippen molar-refractivity contribution in [3.8, 4) is 11.3 Å². The highest BCUT2D eigenvalue weighted by atomic mass is 79.9. The maximum atomic E-state index is 13.4. The van der Waals surface area contributed by atoms with Crippen LogP contribution < -0.4 is 0 Å². The van der Waals surface area contributed by atoms with Gasteiger partial charge in [0.15, 0.2) is 11.6 Å². The summed E-state index contributed by atoms with van der Waals surface area (Å²) in [5.74, 6) is -3.12. The zero-order valence-corrected chi connectivity index (χ0v) is 8.82. The molecular weight excluding hydrogens is 273 g/mol. The predicted octanol–water partition coefficient (Wildman–Crippen LogP) is 4.13. The van der Waals surface area contributed by atoms with Crippen molar-refractivity contribution in [1.82, 2.24) is 0 Å². The molecule has 2 rings (SSSR count). The first-order chi connectivity index (χ1) is 7.11. The normalized spacial score (nSPS) is 10.7. The minimum absolute atomic E-state index is 0.126. The number of halogens is 4. The van der Waals surface area contributed by atoms with E-state index < -0.39 is 17.5 Å². The molecule has 15 heavy (non-hydrogen) atoms. The number of benzene rings is 1. The molecule has 0 amide bonds. The van der Waals surface area contributed by atoms with Crippen molar-refractivity contribution >= 4 is 15.9 Å². The molecule has 0 atom stereocenters. The van der Waals surface area contributed by atoms with Crippen molar-refractivity contribution in [3.63, 3.8) is 0 Å². The molecule has 0 aliphatic carbocycles. The molecule has 78 valence electrons. The fraction of sp³-hybridized carbons (Fsp3) is 0. The van der Waals surface area contributed by atoms with Crippen LogP contribution in [0, 0.1) is 17.5 Å². The molecule has 1 aromatic heterocycles. The van der Waals surface area contributed by atoms with Crippen LogP contribution in [0.1, 0.15) is 0 Å². The number of furan rings is 1. The number of rotatable bonds is 1. The highest BCUT2D eigenvalue weighted by molar-refractivity contribution is 9.10. The summed E-state index contributed by atoms with van der Waals surface area (Å²) in [5, 5.41) is 0. The van der Waals surface area contributed by atoms with Crippen LogP contribution in [-0.4, -0.2) is 0 Å². The van der Waals surface area contributed by atoms with Gasteiger partial charge in [0.25, 0.3) is 0 Å². The van der Waals surface area contributed by atoms with Gasteiger partial charge in [0.1, 0.15) is 11.6 Å². The van der Waals surface area contributed by atoms with Crippen LogP contribution >= 0.6 is 15.9 Å². The summed E-state index contributed by atoms with van der Waals surface area (Å²) < 4.78 is 43.9. The second-order valence-corrected chi connectivity index (χ2v) is 3.61. The van der Waals surface area contributed by atoms with Crippen molar-refractivity contribution < 1.29 is 17.6 Å². The minimum Gasteiger partial charge on any atom is -0.464 e. The predicted molar refractivity (Wildman–Crippen MR) is 51.7 cm³/mol. The Bertz CT molecular complexity index is 494. The second-order valence-electron chi connectivity index (χ2n) is 2.82. The Morgan fingerprint density at radius 3 is 2.47 bits per heavy atom. The van der Waals surface area contributed by atoms with Crippen molar-refractivity contribution in [2.24, 2.45) is 0 Å². The summed E-state index contributed by atoms with van der Waals surface area (Å²) in [5.41, 5.74) is -0.126. The van der Waals surface area contributed by atoms with Gasteiger partial charge in [-0.3, -0.25) is 0 Å². The van der Waals surface area contributed by atoms with E-state index >= 15 is 0 Å². The molecule has 0 saturated carbocycles. The third-order valence-electron chi connectivity index (χ3n) is 1.88. The molecular formula is C10H4BrF3O. The van der Waals surface area contributed by atoms with E-state index in [4.69, 9.17) is 4.42 Å². The molecule has 0 aliphatic rings. The third kappa shape index (κ3) is 1.67. The third-order valence-corrected chi connectivity index (χ3v) is 2.63. The van der Waals surface area contributed by atoms with Gasteiger partial charge < -0.3 is 4.42 Å².